The highest BCUT2D eigenvalue weighted by molar-refractivity contribution is 5.99. The normalized spacial score (nSPS) is 19.1. The van der Waals surface area contributed by atoms with E-state index in [1.807, 2.05) is 19.1 Å². The minimum absolute atomic E-state index is 0.0804. The number of ketones is 1. The van der Waals surface area contributed by atoms with Gasteiger partial charge in [-0.2, -0.15) is 0 Å². The minimum Gasteiger partial charge on any atom is -0.489 e. The molecule has 0 aromatic heterocycles. The Bertz CT molecular complexity index is 520. The molecule has 1 aliphatic carbocycles. The summed E-state index contributed by atoms with van der Waals surface area (Å²) in [6, 6.07) is 3.74. The molecule has 1 aromatic carbocycles. The summed E-state index contributed by atoms with van der Waals surface area (Å²) >= 11 is 0. The molecule has 1 fully saturated rings. The van der Waals surface area contributed by atoms with Crippen LogP contribution >= 0.6 is 0 Å². The first-order valence-corrected chi connectivity index (χ1v) is 6.72. The zero-order chi connectivity index (χ0) is 13.5. The van der Waals surface area contributed by atoms with Gasteiger partial charge in [0.1, 0.15) is 0 Å². The van der Waals surface area contributed by atoms with Crippen LogP contribution in [0.1, 0.15) is 28.8 Å². The number of ether oxygens (including phenoxy) is 2. The van der Waals surface area contributed by atoms with Crippen LogP contribution in [0.3, 0.4) is 0 Å². The lowest BCUT2D eigenvalue weighted by molar-refractivity contribution is 0.0992. The molecule has 0 amide bonds. The van der Waals surface area contributed by atoms with E-state index >= 15 is 0 Å². The second kappa shape index (κ2) is 4.53. The van der Waals surface area contributed by atoms with Gasteiger partial charge in [-0.1, -0.05) is 0 Å². The third-order valence-corrected chi connectivity index (χ3v) is 3.95. The Labute approximate surface area is 113 Å². The van der Waals surface area contributed by atoms with E-state index in [0.717, 1.165) is 17.9 Å². The maximum Gasteiger partial charge on any atom is 0.176 e. The van der Waals surface area contributed by atoms with E-state index in [-0.39, 0.29) is 11.2 Å². The number of likely N-dealkylation sites (N-methyl/N-ethyl adjacent to an activating group) is 1. The van der Waals surface area contributed by atoms with Gasteiger partial charge in [-0.15, -0.1) is 0 Å². The number of Topliss-reactive ketones (excluding diaryl/α,β-unsaturated/α-hetero) is 1. The summed E-state index contributed by atoms with van der Waals surface area (Å²) in [4.78, 5) is 12.0. The van der Waals surface area contributed by atoms with E-state index in [9.17, 15) is 4.79 Å². The SMILES string of the molecule is CNCC(=O)c1cc2c(cc1C)OCC1(CC1)CO2. The number of carbonyl (C=O) groups is 1. The minimum atomic E-state index is 0.0804. The van der Waals surface area contributed by atoms with Crippen molar-refractivity contribution in [2.24, 2.45) is 5.41 Å². The fraction of sp³-hybridized carbons (Fsp3) is 0.533. The second-order valence-corrected chi connectivity index (χ2v) is 5.64. The predicted octanol–water partition coefficient (Wildman–Crippen LogP) is 1.95. The van der Waals surface area contributed by atoms with Crippen LogP contribution in [-0.4, -0.2) is 32.6 Å². The van der Waals surface area contributed by atoms with Crippen molar-refractivity contribution in [3.63, 3.8) is 0 Å². The van der Waals surface area contributed by atoms with E-state index in [1.54, 1.807) is 7.05 Å². The monoisotopic (exact) mass is 261 g/mol. The van der Waals surface area contributed by atoms with Crippen molar-refractivity contribution >= 4 is 5.78 Å². The van der Waals surface area contributed by atoms with Gasteiger partial charge in [0.2, 0.25) is 0 Å². The third kappa shape index (κ3) is 2.32. The molecule has 0 unspecified atom stereocenters. The third-order valence-electron chi connectivity index (χ3n) is 3.95. The fourth-order valence-corrected chi connectivity index (χ4v) is 2.41. The highest BCUT2D eigenvalue weighted by atomic mass is 16.5. The predicted molar refractivity (Wildman–Crippen MR) is 72.1 cm³/mol. The van der Waals surface area contributed by atoms with Crippen molar-refractivity contribution in [3.8, 4) is 11.5 Å². The van der Waals surface area contributed by atoms with Gasteiger partial charge in [0.25, 0.3) is 0 Å². The van der Waals surface area contributed by atoms with Gasteiger partial charge in [-0.05, 0) is 44.5 Å². The molecule has 102 valence electrons. The first-order chi connectivity index (χ1) is 9.13. The molecule has 0 bridgehead atoms. The highest BCUT2D eigenvalue weighted by Crippen LogP contribution is 2.49. The summed E-state index contributed by atoms with van der Waals surface area (Å²) < 4.78 is 11.7. The van der Waals surface area contributed by atoms with E-state index in [1.165, 1.54) is 12.8 Å². The van der Waals surface area contributed by atoms with E-state index < -0.39 is 0 Å². The molecule has 0 atom stereocenters. The molecular formula is C15H19NO3. The average molecular weight is 261 g/mol. The summed E-state index contributed by atoms with van der Waals surface area (Å²) in [5.41, 5.74) is 1.88. The Morgan fingerprint density at radius 1 is 1.26 bits per heavy atom. The van der Waals surface area contributed by atoms with Gasteiger partial charge in [-0.3, -0.25) is 4.79 Å². The van der Waals surface area contributed by atoms with Gasteiger partial charge in [0.05, 0.1) is 19.8 Å². The van der Waals surface area contributed by atoms with Gasteiger partial charge in [0, 0.05) is 11.0 Å². The second-order valence-electron chi connectivity index (χ2n) is 5.64. The van der Waals surface area contributed by atoms with Crippen LogP contribution in [0, 0.1) is 12.3 Å². The van der Waals surface area contributed by atoms with E-state index in [0.29, 0.717) is 24.5 Å². The summed E-state index contributed by atoms with van der Waals surface area (Å²) in [5.74, 6) is 1.55. The maximum atomic E-state index is 12.0. The van der Waals surface area contributed by atoms with Gasteiger partial charge in [0.15, 0.2) is 17.3 Å². The molecule has 0 radical (unpaired) electrons. The lowest BCUT2D eigenvalue weighted by Gasteiger charge is -2.11. The van der Waals surface area contributed by atoms with Crippen molar-refractivity contribution in [2.45, 2.75) is 19.8 Å². The molecular weight excluding hydrogens is 242 g/mol. The Morgan fingerprint density at radius 3 is 2.47 bits per heavy atom. The number of hydrogen-bond acceptors (Lipinski definition) is 4. The van der Waals surface area contributed by atoms with Crippen molar-refractivity contribution in [2.75, 3.05) is 26.8 Å². The molecule has 19 heavy (non-hydrogen) atoms. The van der Waals surface area contributed by atoms with E-state index in [2.05, 4.69) is 5.32 Å². The molecule has 1 aliphatic heterocycles. The molecule has 1 spiro atoms. The topological polar surface area (TPSA) is 47.6 Å². The molecule has 0 saturated heterocycles. The molecule has 4 nitrogen and oxygen atoms in total. The maximum absolute atomic E-state index is 12.0. The molecule has 1 N–H and O–H groups in total. The molecule has 1 saturated carbocycles. The lowest BCUT2D eigenvalue weighted by Crippen LogP contribution is -2.19. The molecule has 3 rings (SSSR count). The number of rotatable bonds is 3. The van der Waals surface area contributed by atoms with Crippen molar-refractivity contribution in [1.29, 1.82) is 0 Å². The average Bonchev–Trinajstić information content (AvgIpc) is 3.18. The number of aryl methyl sites for hydroxylation is 1. The molecule has 1 aromatic rings. The summed E-state index contributed by atoms with van der Waals surface area (Å²) in [6.45, 7) is 3.70. The van der Waals surface area contributed by atoms with Crippen molar-refractivity contribution < 1.29 is 14.3 Å². The van der Waals surface area contributed by atoms with Crippen LogP contribution in [0.25, 0.3) is 0 Å². The Kier molecular flexibility index (Phi) is 2.97. The Hall–Kier alpha value is -1.55. The first kappa shape index (κ1) is 12.5. The van der Waals surface area contributed by atoms with Crippen LogP contribution < -0.4 is 14.8 Å². The zero-order valence-electron chi connectivity index (χ0n) is 11.4. The quantitative estimate of drug-likeness (QED) is 0.845. The Balaban J connectivity index is 1.90. The first-order valence-electron chi connectivity index (χ1n) is 6.72. The lowest BCUT2D eigenvalue weighted by atomic mass is 10.0. The number of nitrogens with one attached hydrogen (secondary N) is 1. The molecule has 2 aliphatic rings. The summed E-state index contributed by atoms with van der Waals surface area (Å²) in [6.07, 6.45) is 2.34. The van der Waals surface area contributed by atoms with E-state index in [4.69, 9.17) is 9.47 Å². The largest absolute Gasteiger partial charge is 0.489 e. The van der Waals surface area contributed by atoms with Gasteiger partial charge in [-0.25, -0.2) is 0 Å². The number of carbonyl (C=O) groups excluding carboxylic acids is 1. The van der Waals surface area contributed by atoms with Crippen LogP contribution in [0.5, 0.6) is 11.5 Å². The molecule has 1 heterocycles. The summed E-state index contributed by atoms with van der Waals surface area (Å²) in [7, 11) is 1.77. The Morgan fingerprint density at radius 2 is 1.89 bits per heavy atom. The number of hydrogen-bond donors (Lipinski definition) is 1. The van der Waals surface area contributed by atoms with Crippen LogP contribution in [0.15, 0.2) is 12.1 Å². The standard InChI is InChI=1S/C15H19NO3/c1-10-5-13-14(6-11(10)12(17)7-16-2)19-9-15(3-4-15)8-18-13/h5-6,16H,3-4,7-9H2,1-2H3. The van der Waals surface area contributed by atoms with Crippen LogP contribution in [0.2, 0.25) is 0 Å². The van der Waals surface area contributed by atoms with Crippen LogP contribution in [-0.2, 0) is 0 Å². The number of fused-ring (bicyclic) bond motifs is 1. The van der Waals surface area contributed by atoms with Crippen molar-refractivity contribution in [1.82, 2.24) is 5.32 Å². The molecule has 4 heteroatoms. The smallest absolute Gasteiger partial charge is 0.176 e. The van der Waals surface area contributed by atoms with Crippen molar-refractivity contribution in [3.05, 3.63) is 23.3 Å². The fourth-order valence-electron chi connectivity index (χ4n) is 2.41. The van der Waals surface area contributed by atoms with Crippen LogP contribution in [0.4, 0.5) is 0 Å². The zero-order valence-corrected chi connectivity index (χ0v) is 11.4. The summed E-state index contributed by atoms with van der Waals surface area (Å²) in [5, 5.41) is 2.89. The number of benzene rings is 1. The highest BCUT2D eigenvalue weighted by Gasteiger charge is 2.46. The van der Waals surface area contributed by atoms with Gasteiger partial charge >= 0.3 is 0 Å². The van der Waals surface area contributed by atoms with Gasteiger partial charge < -0.3 is 14.8 Å².